The molecule has 2 N–H and O–H groups in total. The lowest BCUT2D eigenvalue weighted by atomic mass is 9.78. The van der Waals surface area contributed by atoms with Gasteiger partial charge in [0.15, 0.2) is 0 Å². The van der Waals surface area contributed by atoms with Gasteiger partial charge in [-0.1, -0.05) is 32.0 Å². The molecule has 1 saturated heterocycles. The van der Waals surface area contributed by atoms with E-state index in [1.165, 1.54) is 63.7 Å². The minimum Gasteiger partial charge on any atom is -0.330 e. The number of nitrogens with two attached hydrogens (primary N) is 1. The van der Waals surface area contributed by atoms with Crippen LogP contribution in [0.15, 0.2) is 18.2 Å². The average Bonchev–Trinajstić information content (AvgIpc) is 2.56. The molecule has 1 aliphatic heterocycles. The molecule has 1 heterocycles. The molecule has 1 aliphatic carbocycles. The second-order valence-electron chi connectivity index (χ2n) is 8.11. The van der Waals surface area contributed by atoms with E-state index >= 15 is 0 Å². The van der Waals surface area contributed by atoms with Crippen molar-refractivity contribution < 1.29 is 0 Å². The summed E-state index contributed by atoms with van der Waals surface area (Å²) in [5.74, 6) is 2.10. The van der Waals surface area contributed by atoms with Gasteiger partial charge in [-0.25, -0.2) is 0 Å². The smallest absolute Gasteiger partial charge is 0.000439 e. The summed E-state index contributed by atoms with van der Waals surface area (Å²) < 4.78 is 0. The van der Waals surface area contributed by atoms with Crippen LogP contribution in [0.3, 0.4) is 0 Å². The van der Waals surface area contributed by atoms with Gasteiger partial charge in [0, 0.05) is 6.54 Å². The standard InChI is InChI=1S/C21H34N2/c1-16(2)15-23-11-9-18(10-12-23)21(14-22)20-8-7-17-5-3-4-6-19(17)13-20/h7-8,13,16,18,21H,3-6,9-12,14-15,22H2,1-2H3. The Morgan fingerprint density at radius 1 is 1.09 bits per heavy atom. The Bertz CT molecular complexity index is 501. The van der Waals surface area contributed by atoms with E-state index in [4.69, 9.17) is 5.73 Å². The fourth-order valence-electron chi connectivity index (χ4n) is 4.64. The van der Waals surface area contributed by atoms with Gasteiger partial charge in [0.25, 0.3) is 0 Å². The number of aryl methyl sites for hydroxylation is 2. The van der Waals surface area contributed by atoms with Gasteiger partial charge in [0.2, 0.25) is 0 Å². The van der Waals surface area contributed by atoms with Crippen LogP contribution in [0.1, 0.15) is 62.1 Å². The van der Waals surface area contributed by atoms with Crippen LogP contribution < -0.4 is 5.73 Å². The predicted octanol–water partition coefficient (Wildman–Crippen LogP) is 3.98. The molecule has 1 aromatic rings. The van der Waals surface area contributed by atoms with Gasteiger partial charge >= 0.3 is 0 Å². The van der Waals surface area contributed by atoms with Crippen LogP contribution in [0, 0.1) is 11.8 Å². The lowest BCUT2D eigenvalue weighted by Crippen LogP contribution is -2.38. The summed E-state index contributed by atoms with van der Waals surface area (Å²) >= 11 is 0. The SMILES string of the molecule is CC(C)CN1CCC(C(CN)c2ccc3c(c2)CCCC3)CC1. The van der Waals surface area contributed by atoms with Gasteiger partial charge in [-0.05, 0) is 92.6 Å². The van der Waals surface area contributed by atoms with Crippen molar-refractivity contribution in [3.63, 3.8) is 0 Å². The molecule has 1 atom stereocenters. The number of fused-ring (bicyclic) bond motifs is 1. The summed E-state index contributed by atoms with van der Waals surface area (Å²) in [4.78, 5) is 2.64. The first-order chi connectivity index (χ1) is 11.2. The second kappa shape index (κ2) is 7.81. The highest BCUT2D eigenvalue weighted by Crippen LogP contribution is 2.34. The largest absolute Gasteiger partial charge is 0.330 e. The van der Waals surface area contributed by atoms with E-state index in [1.54, 1.807) is 11.1 Å². The quantitative estimate of drug-likeness (QED) is 0.891. The monoisotopic (exact) mass is 314 g/mol. The molecular weight excluding hydrogens is 280 g/mol. The van der Waals surface area contributed by atoms with Crippen molar-refractivity contribution in [2.24, 2.45) is 17.6 Å². The Morgan fingerprint density at radius 3 is 2.43 bits per heavy atom. The first-order valence-electron chi connectivity index (χ1n) is 9.71. The molecule has 0 spiro atoms. The van der Waals surface area contributed by atoms with Crippen molar-refractivity contribution in [1.82, 2.24) is 4.90 Å². The number of hydrogen-bond acceptors (Lipinski definition) is 2. The minimum atomic E-state index is 0.559. The van der Waals surface area contributed by atoms with Crippen molar-refractivity contribution in [1.29, 1.82) is 0 Å². The summed E-state index contributed by atoms with van der Waals surface area (Å²) in [5, 5.41) is 0. The molecule has 128 valence electrons. The normalized spacial score (nSPS) is 21.4. The molecular formula is C21H34N2. The molecule has 0 radical (unpaired) electrons. The summed E-state index contributed by atoms with van der Waals surface area (Å²) in [5.41, 5.74) is 10.9. The van der Waals surface area contributed by atoms with E-state index in [2.05, 4.69) is 36.9 Å². The minimum absolute atomic E-state index is 0.559. The molecule has 23 heavy (non-hydrogen) atoms. The van der Waals surface area contributed by atoms with Crippen molar-refractivity contribution in [2.75, 3.05) is 26.2 Å². The summed E-state index contributed by atoms with van der Waals surface area (Å²) in [7, 11) is 0. The summed E-state index contributed by atoms with van der Waals surface area (Å²) in [6.45, 7) is 9.20. The van der Waals surface area contributed by atoms with Gasteiger partial charge in [-0.15, -0.1) is 0 Å². The van der Waals surface area contributed by atoms with Gasteiger partial charge in [-0.3, -0.25) is 0 Å². The van der Waals surface area contributed by atoms with E-state index in [9.17, 15) is 0 Å². The molecule has 1 unspecified atom stereocenters. The molecule has 0 bridgehead atoms. The first kappa shape index (κ1) is 17.0. The third kappa shape index (κ3) is 4.16. The molecule has 1 fully saturated rings. The lowest BCUT2D eigenvalue weighted by Gasteiger charge is -2.37. The van der Waals surface area contributed by atoms with E-state index in [-0.39, 0.29) is 0 Å². The van der Waals surface area contributed by atoms with Crippen molar-refractivity contribution >= 4 is 0 Å². The molecule has 2 aliphatic rings. The van der Waals surface area contributed by atoms with Gasteiger partial charge in [0.1, 0.15) is 0 Å². The van der Waals surface area contributed by atoms with E-state index in [0.717, 1.165) is 18.4 Å². The van der Waals surface area contributed by atoms with Gasteiger partial charge < -0.3 is 10.6 Å². The Balaban J connectivity index is 1.66. The maximum atomic E-state index is 6.21. The third-order valence-corrected chi connectivity index (χ3v) is 5.88. The highest BCUT2D eigenvalue weighted by atomic mass is 15.1. The predicted molar refractivity (Wildman–Crippen MR) is 98.9 cm³/mol. The molecule has 2 nitrogen and oxygen atoms in total. The summed E-state index contributed by atoms with van der Waals surface area (Å²) in [6.07, 6.45) is 7.89. The molecule has 0 amide bonds. The fourth-order valence-corrected chi connectivity index (χ4v) is 4.64. The van der Waals surface area contributed by atoms with Crippen LogP contribution >= 0.6 is 0 Å². The van der Waals surface area contributed by atoms with E-state index < -0.39 is 0 Å². The number of nitrogens with zero attached hydrogens (tertiary/aromatic N) is 1. The molecule has 0 aromatic heterocycles. The van der Waals surface area contributed by atoms with Crippen molar-refractivity contribution in [3.05, 3.63) is 34.9 Å². The Hall–Kier alpha value is -0.860. The maximum Gasteiger partial charge on any atom is 0.000439 e. The highest BCUT2D eigenvalue weighted by molar-refractivity contribution is 5.36. The number of likely N-dealkylation sites (tertiary alicyclic amines) is 1. The number of benzene rings is 1. The summed E-state index contributed by atoms with van der Waals surface area (Å²) in [6, 6.07) is 7.26. The van der Waals surface area contributed by atoms with Crippen LogP contribution in [-0.2, 0) is 12.8 Å². The Labute approximate surface area is 142 Å². The topological polar surface area (TPSA) is 29.3 Å². The first-order valence-corrected chi connectivity index (χ1v) is 9.71. The van der Waals surface area contributed by atoms with Crippen LogP contribution in [0.2, 0.25) is 0 Å². The highest BCUT2D eigenvalue weighted by Gasteiger charge is 2.27. The second-order valence-corrected chi connectivity index (χ2v) is 8.11. The van der Waals surface area contributed by atoms with Crippen molar-refractivity contribution in [2.45, 2.75) is 58.3 Å². The van der Waals surface area contributed by atoms with Crippen molar-refractivity contribution in [3.8, 4) is 0 Å². The van der Waals surface area contributed by atoms with Crippen LogP contribution in [-0.4, -0.2) is 31.1 Å². The maximum absolute atomic E-state index is 6.21. The van der Waals surface area contributed by atoms with Gasteiger partial charge in [0.05, 0.1) is 0 Å². The molecule has 3 rings (SSSR count). The fraction of sp³-hybridized carbons (Fsp3) is 0.714. The van der Waals surface area contributed by atoms with Crippen LogP contribution in [0.5, 0.6) is 0 Å². The van der Waals surface area contributed by atoms with Crippen LogP contribution in [0.4, 0.5) is 0 Å². The Kier molecular flexibility index (Phi) is 5.76. The number of hydrogen-bond donors (Lipinski definition) is 1. The lowest BCUT2D eigenvalue weighted by molar-refractivity contribution is 0.155. The van der Waals surface area contributed by atoms with Gasteiger partial charge in [-0.2, -0.15) is 0 Å². The zero-order valence-corrected chi connectivity index (χ0v) is 15.1. The third-order valence-electron chi connectivity index (χ3n) is 5.88. The van der Waals surface area contributed by atoms with E-state index in [1.807, 2.05) is 0 Å². The number of piperidine rings is 1. The van der Waals surface area contributed by atoms with E-state index in [0.29, 0.717) is 5.92 Å². The molecule has 2 heteroatoms. The number of rotatable bonds is 5. The van der Waals surface area contributed by atoms with Crippen LogP contribution in [0.25, 0.3) is 0 Å². The zero-order chi connectivity index (χ0) is 16.2. The Morgan fingerprint density at radius 2 is 1.78 bits per heavy atom. The molecule has 0 saturated carbocycles. The molecule has 1 aromatic carbocycles. The zero-order valence-electron chi connectivity index (χ0n) is 15.1. The average molecular weight is 315 g/mol.